The van der Waals surface area contributed by atoms with Gasteiger partial charge in [0.25, 0.3) is 10.2 Å². The van der Waals surface area contributed by atoms with Crippen LogP contribution in [0.1, 0.15) is 58.8 Å². The molecule has 1 unspecified atom stereocenters. The van der Waals surface area contributed by atoms with Gasteiger partial charge in [0.15, 0.2) is 0 Å². The van der Waals surface area contributed by atoms with Crippen LogP contribution in [0.25, 0.3) is 0 Å². The van der Waals surface area contributed by atoms with Crippen molar-refractivity contribution in [1.29, 1.82) is 0 Å². The SMILES string of the molecule is CCNCCCN(C)S(=O)(=O)NC(CC)C1CCCCC1. The van der Waals surface area contributed by atoms with Crippen molar-refractivity contribution in [3.8, 4) is 0 Å². The Balaban J connectivity index is 2.47. The minimum Gasteiger partial charge on any atom is -0.317 e. The number of nitrogens with one attached hydrogen (secondary N) is 2. The van der Waals surface area contributed by atoms with Crippen LogP contribution in [0, 0.1) is 5.92 Å². The van der Waals surface area contributed by atoms with Crippen LogP contribution in [0.5, 0.6) is 0 Å². The summed E-state index contributed by atoms with van der Waals surface area (Å²) in [6.45, 7) is 6.47. The second-order valence-electron chi connectivity index (χ2n) is 6.06. The van der Waals surface area contributed by atoms with Crippen molar-refractivity contribution in [2.45, 2.75) is 64.8 Å². The fourth-order valence-electron chi connectivity index (χ4n) is 3.05. The summed E-state index contributed by atoms with van der Waals surface area (Å²) < 4.78 is 29.2. The first-order valence-electron chi connectivity index (χ1n) is 8.45. The highest BCUT2D eigenvalue weighted by Gasteiger charge is 2.28. The van der Waals surface area contributed by atoms with Gasteiger partial charge in [-0.2, -0.15) is 17.4 Å². The van der Waals surface area contributed by atoms with E-state index in [-0.39, 0.29) is 6.04 Å². The van der Waals surface area contributed by atoms with E-state index < -0.39 is 10.2 Å². The summed E-state index contributed by atoms with van der Waals surface area (Å²) in [6, 6.07) is 0.0894. The van der Waals surface area contributed by atoms with Gasteiger partial charge < -0.3 is 5.32 Å². The van der Waals surface area contributed by atoms with Gasteiger partial charge >= 0.3 is 0 Å². The molecule has 0 radical (unpaired) electrons. The molecule has 21 heavy (non-hydrogen) atoms. The van der Waals surface area contributed by atoms with Gasteiger partial charge in [-0.1, -0.05) is 33.1 Å². The highest BCUT2D eigenvalue weighted by atomic mass is 32.2. The summed E-state index contributed by atoms with van der Waals surface area (Å²) in [5, 5.41) is 3.22. The first-order valence-corrected chi connectivity index (χ1v) is 9.89. The lowest BCUT2D eigenvalue weighted by molar-refractivity contribution is 0.281. The molecule has 1 fully saturated rings. The van der Waals surface area contributed by atoms with E-state index in [0.717, 1.165) is 38.8 Å². The molecule has 2 N–H and O–H groups in total. The van der Waals surface area contributed by atoms with Crippen LogP contribution >= 0.6 is 0 Å². The molecule has 0 heterocycles. The van der Waals surface area contributed by atoms with Crippen molar-refractivity contribution in [2.75, 3.05) is 26.7 Å². The maximum atomic E-state index is 12.4. The van der Waals surface area contributed by atoms with Crippen molar-refractivity contribution in [3.05, 3.63) is 0 Å². The first-order chi connectivity index (χ1) is 10.0. The Labute approximate surface area is 131 Å². The number of rotatable bonds is 10. The second-order valence-corrected chi connectivity index (χ2v) is 7.87. The van der Waals surface area contributed by atoms with Crippen molar-refractivity contribution in [2.24, 2.45) is 5.92 Å². The molecule has 1 aliphatic carbocycles. The minimum atomic E-state index is -3.35. The van der Waals surface area contributed by atoms with Crippen LogP contribution in [0.4, 0.5) is 0 Å². The maximum absolute atomic E-state index is 12.4. The largest absolute Gasteiger partial charge is 0.317 e. The summed E-state index contributed by atoms with van der Waals surface area (Å²) in [7, 11) is -1.68. The van der Waals surface area contributed by atoms with E-state index in [1.807, 2.05) is 0 Å². The molecular weight excluding hydrogens is 286 g/mol. The van der Waals surface area contributed by atoms with Gasteiger partial charge in [0.2, 0.25) is 0 Å². The quantitative estimate of drug-likeness (QED) is 0.606. The van der Waals surface area contributed by atoms with Gasteiger partial charge in [-0.15, -0.1) is 0 Å². The zero-order valence-electron chi connectivity index (χ0n) is 13.9. The molecule has 6 heteroatoms. The molecule has 1 rings (SSSR count). The third-order valence-electron chi connectivity index (χ3n) is 4.45. The molecule has 1 aliphatic rings. The molecule has 126 valence electrons. The molecular formula is C15H33N3O2S. The summed E-state index contributed by atoms with van der Waals surface area (Å²) in [5.74, 6) is 0.508. The van der Waals surface area contributed by atoms with Gasteiger partial charge in [0, 0.05) is 19.6 Å². The van der Waals surface area contributed by atoms with Crippen LogP contribution in [-0.4, -0.2) is 45.4 Å². The third kappa shape index (κ3) is 6.63. The predicted molar refractivity (Wildman–Crippen MR) is 88.5 cm³/mol. The Hall–Kier alpha value is -0.170. The fourth-order valence-corrected chi connectivity index (χ4v) is 4.35. The topological polar surface area (TPSA) is 61.4 Å². The summed E-state index contributed by atoms with van der Waals surface area (Å²) >= 11 is 0. The van der Waals surface area contributed by atoms with Crippen LogP contribution in [0.2, 0.25) is 0 Å². The average molecular weight is 320 g/mol. The lowest BCUT2D eigenvalue weighted by atomic mass is 9.83. The van der Waals surface area contributed by atoms with Crippen LogP contribution in [0.15, 0.2) is 0 Å². The number of nitrogens with zero attached hydrogens (tertiary/aromatic N) is 1. The molecule has 0 amide bonds. The van der Waals surface area contributed by atoms with Crippen LogP contribution in [-0.2, 0) is 10.2 Å². The smallest absolute Gasteiger partial charge is 0.279 e. The number of hydrogen-bond donors (Lipinski definition) is 2. The van der Waals surface area contributed by atoms with Crippen molar-refractivity contribution < 1.29 is 8.42 Å². The molecule has 1 saturated carbocycles. The highest BCUT2D eigenvalue weighted by Crippen LogP contribution is 2.28. The fraction of sp³-hybridized carbons (Fsp3) is 1.00. The standard InChI is InChI=1S/C15H33N3O2S/c1-4-15(14-10-7-6-8-11-14)17-21(19,20)18(3)13-9-12-16-5-2/h14-17H,4-13H2,1-3H3. The van der Waals surface area contributed by atoms with E-state index >= 15 is 0 Å². The van der Waals surface area contributed by atoms with Gasteiger partial charge in [0.05, 0.1) is 0 Å². The molecule has 0 aliphatic heterocycles. The molecule has 5 nitrogen and oxygen atoms in total. The van der Waals surface area contributed by atoms with Crippen molar-refractivity contribution >= 4 is 10.2 Å². The van der Waals surface area contributed by atoms with E-state index in [9.17, 15) is 8.42 Å². The molecule has 1 atom stereocenters. The zero-order chi connectivity index (χ0) is 15.7. The predicted octanol–water partition coefficient (Wildman–Crippen LogP) is 2.11. The third-order valence-corrected chi connectivity index (χ3v) is 6.05. The molecule has 0 saturated heterocycles. The monoisotopic (exact) mass is 319 g/mol. The van der Waals surface area contributed by atoms with Gasteiger partial charge in [-0.25, -0.2) is 0 Å². The molecule has 0 aromatic carbocycles. The second kappa shape index (κ2) is 9.77. The Kier molecular flexibility index (Phi) is 8.78. The van der Waals surface area contributed by atoms with E-state index in [4.69, 9.17) is 0 Å². The maximum Gasteiger partial charge on any atom is 0.279 e. The van der Waals surface area contributed by atoms with Crippen LogP contribution < -0.4 is 10.0 Å². The van der Waals surface area contributed by atoms with E-state index in [2.05, 4.69) is 23.9 Å². The molecule has 0 aromatic heterocycles. The van der Waals surface area contributed by atoms with E-state index in [0.29, 0.717) is 12.5 Å². The molecule has 0 spiro atoms. The van der Waals surface area contributed by atoms with Crippen LogP contribution in [0.3, 0.4) is 0 Å². The average Bonchev–Trinajstić information content (AvgIpc) is 2.49. The number of hydrogen-bond acceptors (Lipinski definition) is 3. The molecule has 0 bridgehead atoms. The van der Waals surface area contributed by atoms with Gasteiger partial charge in [-0.3, -0.25) is 0 Å². The minimum absolute atomic E-state index is 0.0894. The Bertz CT molecular complexity index is 367. The molecule has 0 aromatic rings. The summed E-state index contributed by atoms with van der Waals surface area (Å²) in [5.41, 5.74) is 0. The van der Waals surface area contributed by atoms with E-state index in [1.165, 1.54) is 23.6 Å². The Morgan fingerprint density at radius 1 is 1.19 bits per heavy atom. The normalized spacial score (nSPS) is 19.0. The Morgan fingerprint density at radius 2 is 1.86 bits per heavy atom. The lowest BCUT2D eigenvalue weighted by Gasteiger charge is -2.31. The van der Waals surface area contributed by atoms with E-state index in [1.54, 1.807) is 7.05 Å². The summed E-state index contributed by atoms with van der Waals surface area (Å²) in [6.07, 6.45) is 7.80. The van der Waals surface area contributed by atoms with Gasteiger partial charge in [-0.05, 0) is 44.7 Å². The zero-order valence-corrected chi connectivity index (χ0v) is 14.7. The summed E-state index contributed by atoms with van der Waals surface area (Å²) in [4.78, 5) is 0. The van der Waals surface area contributed by atoms with Gasteiger partial charge in [0.1, 0.15) is 0 Å². The van der Waals surface area contributed by atoms with Crippen molar-refractivity contribution in [1.82, 2.24) is 14.3 Å². The highest BCUT2D eigenvalue weighted by molar-refractivity contribution is 7.87. The first kappa shape index (κ1) is 18.9. The van der Waals surface area contributed by atoms with Crippen molar-refractivity contribution in [3.63, 3.8) is 0 Å². The Morgan fingerprint density at radius 3 is 2.43 bits per heavy atom. The lowest BCUT2D eigenvalue weighted by Crippen LogP contribution is -2.47.